The average molecular weight is 401 g/mol. The minimum atomic E-state index is -4.27. The second-order valence-electron chi connectivity index (χ2n) is 6.13. The Bertz CT molecular complexity index is 870. The molecule has 1 aliphatic heterocycles. The fraction of sp³-hybridized carbons (Fsp3) is 0.400. The van der Waals surface area contributed by atoms with Crippen molar-refractivity contribution < 1.29 is 18.0 Å². The van der Waals surface area contributed by atoms with Gasteiger partial charge in [-0.3, -0.25) is 4.57 Å². The Morgan fingerprint density at radius 1 is 1.46 bits per heavy atom. The number of alkyl halides is 3. The number of amides is 1. The number of carbonyl (C=O) groups excluding carboxylic acids is 1. The summed E-state index contributed by atoms with van der Waals surface area (Å²) in [6.45, 7) is 1.81. The Kier molecular flexibility index (Phi) is 4.03. The zero-order chi connectivity index (χ0) is 18.5. The van der Waals surface area contributed by atoms with Gasteiger partial charge in [0, 0.05) is 23.5 Å². The van der Waals surface area contributed by atoms with Crippen molar-refractivity contribution in [3.63, 3.8) is 0 Å². The molecule has 0 saturated heterocycles. The highest BCUT2D eigenvalue weighted by molar-refractivity contribution is 8.09. The highest BCUT2D eigenvalue weighted by Crippen LogP contribution is 2.59. The van der Waals surface area contributed by atoms with E-state index < -0.39 is 17.1 Å². The molecule has 2 aromatic rings. The summed E-state index contributed by atoms with van der Waals surface area (Å²) >= 11 is 2.36. The van der Waals surface area contributed by atoms with E-state index in [4.69, 9.17) is 0 Å². The molecule has 0 radical (unpaired) electrons. The molecule has 1 fully saturated rings. The molecule has 2 aromatic heterocycles. The number of allylic oxidation sites excluding steroid dienone is 1. The Labute approximate surface area is 154 Å². The van der Waals surface area contributed by atoms with Crippen LogP contribution in [0.2, 0.25) is 0 Å². The second kappa shape index (κ2) is 6.02. The van der Waals surface area contributed by atoms with Crippen LogP contribution in [0, 0.1) is 0 Å². The minimum Gasteiger partial charge on any atom is -0.359 e. The van der Waals surface area contributed by atoms with E-state index in [-0.39, 0.29) is 23.9 Å². The molecule has 2 N–H and O–H groups in total. The van der Waals surface area contributed by atoms with Crippen molar-refractivity contribution in [1.29, 1.82) is 0 Å². The van der Waals surface area contributed by atoms with Gasteiger partial charge in [0.1, 0.15) is 16.7 Å². The van der Waals surface area contributed by atoms with Crippen LogP contribution >= 0.6 is 23.1 Å². The number of nitrogens with zero attached hydrogens (tertiary/aromatic N) is 3. The van der Waals surface area contributed by atoms with Crippen LogP contribution in [0.3, 0.4) is 0 Å². The number of nitrogens with one attached hydrogen (secondary N) is 2. The SMILES string of the molecule is CC1=C(c2csc(C3(C(F)(F)F)CC3)n2)SC(NC(=O)n2ccnc2)N1. The van der Waals surface area contributed by atoms with Crippen LogP contribution in [-0.2, 0) is 5.41 Å². The first-order valence-electron chi connectivity index (χ1n) is 7.76. The Morgan fingerprint density at radius 3 is 2.85 bits per heavy atom. The molecule has 2 aliphatic rings. The fourth-order valence-corrected chi connectivity index (χ4v) is 4.98. The van der Waals surface area contributed by atoms with Crippen molar-refractivity contribution in [2.45, 2.75) is 36.9 Å². The highest BCUT2D eigenvalue weighted by Gasteiger charge is 2.66. The number of aromatic nitrogens is 3. The number of carbonyl (C=O) groups is 1. The number of halogens is 3. The predicted molar refractivity (Wildman–Crippen MR) is 92.3 cm³/mol. The van der Waals surface area contributed by atoms with Crippen LogP contribution in [-0.4, -0.2) is 32.2 Å². The van der Waals surface area contributed by atoms with Crippen molar-refractivity contribution in [1.82, 2.24) is 25.2 Å². The van der Waals surface area contributed by atoms with Crippen molar-refractivity contribution in [2.75, 3.05) is 0 Å². The zero-order valence-corrected chi connectivity index (χ0v) is 15.1. The Hall–Kier alpha value is -2.01. The molecule has 26 heavy (non-hydrogen) atoms. The molecule has 1 aliphatic carbocycles. The van der Waals surface area contributed by atoms with E-state index in [1.807, 2.05) is 0 Å². The Morgan fingerprint density at radius 2 is 2.23 bits per heavy atom. The monoisotopic (exact) mass is 401 g/mol. The first-order valence-corrected chi connectivity index (χ1v) is 9.52. The summed E-state index contributed by atoms with van der Waals surface area (Å²) in [6.07, 6.45) is 0.319. The maximum Gasteiger partial charge on any atom is 0.400 e. The number of rotatable bonds is 3. The van der Waals surface area contributed by atoms with Crippen LogP contribution in [0.4, 0.5) is 18.0 Å². The van der Waals surface area contributed by atoms with E-state index >= 15 is 0 Å². The highest BCUT2D eigenvalue weighted by atomic mass is 32.2. The smallest absolute Gasteiger partial charge is 0.359 e. The van der Waals surface area contributed by atoms with Gasteiger partial charge in [0.05, 0.1) is 10.6 Å². The number of hydrogen-bond acceptors (Lipinski definition) is 6. The van der Waals surface area contributed by atoms with Crippen LogP contribution in [0.1, 0.15) is 30.5 Å². The van der Waals surface area contributed by atoms with Gasteiger partial charge in [-0.2, -0.15) is 13.2 Å². The third-order valence-electron chi connectivity index (χ3n) is 4.36. The third kappa shape index (κ3) is 2.88. The summed E-state index contributed by atoms with van der Waals surface area (Å²) in [5.41, 5.74) is -0.923. The van der Waals surface area contributed by atoms with Crippen molar-refractivity contribution in [3.8, 4) is 0 Å². The quantitative estimate of drug-likeness (QED) is 0.824. The molecule has 0 aromatic carbocycles. The molecular formula is C15H14F3N5OS2. The minimum absolute atomic E-state index is 0.0937. The van der Waals surface area contributed by atoms with E-state index in [2.05, 4.69) is 20.6 Å². The van der Waals surface area contributed by atoms with E-state index in [0.29, 0.717) is 5.69 Å². The van der Waals surface area contributed by atoms with Crippen molar-refractivity contribution >= 4 is 34.0 Å². The van der Waals surface area contributed by atoms with Crippen LogP contribution in [0.25, 0.3) is 4.91 Å². The van der Waals surface area contributed by atoms with Gasteiger partial charge < -0.3 is 10.6 Å². The summed E-state index contributed by atoms with van der Waals surface area (Å²) in [7, 11) is 0. The lowest BCUT2D eigenvalue weighted by molar-refractivity contribution is -0.160. The summed E-state index contributed by atoms with van der Waals surface area (Å²) in [5, 5.41) is 7.65. The molecule has 0 bridgehead atoms. The average Bonchev–Trinajstić information content (AvgIpc) is 2.95. The summed E-state index contributed by atoms with van der Waals surface area (Å²) < 4.78 is 41.1. The maximum atomic E-state index is 13.3. The van der Waals surface area contributed by atoms with Gasteiger partial charge in [-0.25, -0.2) is 14.8 Å². The lowest BCUT2D eigenvalue weighted by atomic mass is 10.1. The molecule has 0 spiro atoms. The van der Waals surface area contributed by atoms with Gasteiger partial charge in [-0.15, -0.1) is 11.3 Å². The van der Waals surface area contributed by atoms with Gasteiger partial charge in [0.25, 0.3) is 0 Å². The molecular weight excluding hydrogens is 387 g/mol. The maximum absolute atomic E-state index is 13.3. The summed E-state index contributed by atoms with van der Waals surface area (Å²) in [6, 6.07) is -0.352. The van der Waals surface area contributed by atoms with Gasteiger partial charge in [-0.1, -0.05) is 11.8 Å². The van der Waals surface area contributed by atoms with E-state index in [0.717, 1.165) is 21.9 Å². The van der Waals surface area contributed by atoms with Crippen LogP contribution in [0.5, 0.6) is 0 Å². The molecule has 3 heterocycles. The topological polar surface area (TPSA) is 71.8 Å². The van der Waals surface area contributed by atoms with Crippen LogP contribution < -0.4 is 10.6 Å². The molecule has 11 heteroatoms. The largest absolute Gasteiger partial charge is 0.400 e. The third-order valence-corrected chi connectivity index (χ3v) is 6.63. The van der Waals surface area contributed by atoms with E-state index in [9.17, 15) is 18.0 Å². The van der Waals surface area contributed by atoms with E-state index in [1.165, 1.54) is 35.0 Å². The molecule has 1 atom stereocenters. The number of imidazole rings is 1. The van der Waals surface area contributed by atoms with Crippen LogP contribution in [0.15, 0.2) is 29.8 Å². The lowest BCUT2D eigenvalue weighted by Crippen LogP contribution is -2.41. The first kappa shape index (κ1) is 17.4. The van der Waals surface area contributed by atoms with Crippen molar-refractivity contribution in [2.24, 2.45) is 0 Å². The van der Waals surface area contributed by atoms with E-state index in [1.54, 1.807) is 12.3 Å². The zero-order valence-electron chi connectivity index (χ0n) is 13.5. The molecule has 6 nitrogen and oxygen atoms in total. The van der Waals surface area contributed by atoms with Gasteiger partial charge in [-0.05, 0) is 19.8 Å². The summed E-state index contributed by atoms with van der Waals surface area (Å²) in [4.78, 5) is 20.9. The number of thiazole rings is 1. The van der Waals surface area contributed by atoms with Gasteiger partial charge in [0.15, 0.2) is 5.50 Å². The fourth-order valence-electron chi connectivity index (χ4n) is 2.72. The normalized spacial score (nSPS) is 21.6. The van der Waals surface area contributed by atoms with Gasteiger partial charge in [0.2, 0.25) is 0 Å². The molecule has 138 valence electrons. The number of hydrogen-bond donors (Lipinski definition) is 2. The number of thioether (sulfide) groups is 1. The Balaban J connectivity index is 1.47. The molecule has 1 unspecified atom stereocenters. The standard InChI is InChI=1S/C15H14F3N5OS2/c1-8-10(26-12(20-8)22-13(24)23-5-4-19-7-23)9-6-25-11(21-9)14(2-3-14)15(16,17)18/h4-7,12,20H,2-3H2,1H3,(H,22,24). The van der Waals surface area contributed by atoms with Gasteiger partial charge >= 0.3 is 12.2 Å². The molecule has 4 rings (SSSR count). The molecule has 1 amide bonds. The van der Waals surface area contributed by atoms with Crippen molar-refractivity contribution in [3.05, 3.63) is 40.5 Å². The molecule has 1 saturated carbocycles. The second-order valence-corrected chi connectivity index (χ2v) is 8.11. The summed E-state index contributed by atoms with van der Waals surface area (Å²) in [5.74, 6) is 0. The predicted octanol–water partition coefficient (Wildman–Crippen LogP) is 3.50. The first-order chi connectivity index (χ1) is 12.3. The lowest BCUT2D eigenvalue weighted by Gasteiger charge is -2.16.